The smallest absolute Gasteiger partial charge is 0.337 e. The molecule has 17 heavy (non-hydrogen) atoms. The Labute approximate surface area is 109 Å². The van der Waals surface area contributed by atoms with E-state index in [4.69, 9.17) is 34.5 Å². The maximum atomic E-state index is 11.5. The highest BCUT2D eigenvalue weighted by atomic mass is 35.5. The molecule has 0 atom stereocenters. The molecule has 1 aromatic rings. The van der Waals surface area contributed by atoms with Gasteiger partial charge in [0, 0.05) is 10.6 Å². The minimum absolute atomic E-state index is 0.00375. The third kappa shape index (κ3) is 3.23. The largest absolute Gasteiger partial charge is 0.471 e. The van der Waals surface area contributed by atoms with Gasteiger partial charge in [-0.15, -0.1) is 0 Å². The third-order valence-electron chi connectivity index (χ3n) is 1.90. The first-order valence-corrected chi connectivity index (χ1v) is 5.56. The zero-order chi connectivity index (χ0) is 12.8. The van der Waals surface area contributed by atoms with Crippen molar-refractivity contribution in [3.05, 3.63) is 52.0 Å². The predicted molar refractivity (Wildman–Crippen MR) is 67.5 cm³/mol. The Balaban J connectivity index is 3.24. The van der Waals surface area contributed by atoms with Crippen LogP contribution in [0.5, 0.6) is 0 Å². The van der Waals surface area contributed by atoms with E-state index in [0.29, 0.717) is 10.6 Å². The third-order valence-corrected chi connectivity index (χ3v) is 2.61. The van der Waals surface area contributed by atoms with Crippen LogP contribution in [-0.4, -0.2) is 12.6 Å². The Morgan fingerprint density at radius 2 is 2.12 bits per heavy atom. The zero-order valence-corrected chi connectivity index (χ0v) is 10.5. The second-order valence-electron chi connectivity index (χ2n) is 2.97. The molecule has 0 heterocycles. The van der Waals surface area contributed by atoms with Crippen LogP contribution in [0.1, 0.15) is 12.5 Å². The number of hydrogen-bond acceptors (Lipinski definition) is 2. The molecular formula is C12H9Cl2NO2. The lowest BCUT2D eigenvalue weighted by molar-refractivity contribution is -0.138. The Bertz CT molecular complexity index is 503. The standard InChI is InChI=1S/C12H9Cl2NO2/c1-3-17-12(16)11(15-2)10(14)8-6-4-5-7-9(8)13/h4-7H,3H2,1H3. The van der Waals surface area contributed by atoms with Gasteiger partial charge in [-0.05, 0) is 13.0 Å². The molecule has 3 nitrogen and oxygen atoms in total. The summed E-state index contributed by atoms with van der Waals surface area (Å²) in [5.41, 5.74) is 0.177. The summed E-state index contributed by atoms with van der Waals surface area (Å²) in [5, 5.41) is 0.381. The maximum absolute atomic E-state index is 11.5. The minimum atomic E-state index is -0.743. The molecule has 0 aliphatic rings. The van der Waals surface area contributed by atoms with Gasteiger partial charge in [0.1, 0.15) is 0 Å². The van der Waals surface area contributed by atoms with Crippen LogP contribution in [0.2, 0.25) is 5.02 Å². The summed E-state index contributed by atoms with van der Waals surface area (Å²) in [7, 11) is 0. The van der Waals surface area contributed by atoms with E-state index in [0.717, 1.165) is 0 Å². The Kier molecular flexibility index (Phi) is 5.02. The van der Waals surface area contributed by atoms with Crippen molar-refractivity contribution in [2.75, 3.05) is 6.61 Å². The van der Waals surface area contributed by atoms with E-state index >= 15 is 0 Å². The van der Waals surface area contributed by atoms with Crippen molar-refractivity contribution in [3.8, 4) is 0 Å². The van der Waals surface area contributed by atoms with Crippen molar-refractivity contribution in [2.45, 2.75) is 6.92 Å². The van der Waals surface area contributed by atoms with Crippen molar-refractivity contribution in [1.82, 2.24) is 0 Å². The van der Waals surface area contributed by atoms with Crippen LogP contribution in [-0.2, 0) is 9.53 Å². The molecule has 0 fully saturated rings. The first kappa shape index (κ1) is 13.6. The van der Waals surface area contributed by atoms with Crippen LogP contribution < -0.4 is 0 Å². The highest BCUT2D eigenvalue weighted by Crippen LogP contribution is 2.30. The average Bonchev–Trinajstić information content (AvgIpc) is 2.30. The molecular weight excluding hydrogens is 261 g/mol. The molecule has 5 heteroatoms. The maximum Gasteiger partial charge on any atom is 0.337 e. The van der Waals surface area contributed by atoms with Gasteiger partial charge in [0.05, 0.1) is 18.2 Å². The van der Waals surface area contributed by atoms with Crippen LogP contribution in [0, 0.1) is 6.57 Å². The van der Waals surface area contributed by atoms with Gasteiger partial charge in [-0.25, -0.2) is 4.85 Å². The molecule has 0 amide bonds. The van der Waals surface area contributed by atoms with Gasteiger partial charge in [0.15, 0.2) is 0 Å². The summed E-state index contributed by atoms with van der Waals surface area (Å²) in [6, 6.07) is 6.72. The van der Waals surface area contributed by atoms with Crippen LogP contribution in [0.4, 0.5) is 0 Å². The number of ether oxygens (including phenoxy) is 1. The fraction of sp³-hybridized carbons (Fsp3) is 0.167. The second kappa shape index (κ2) is 6.29. The van der Waals surface area contributed by atoms with Gasteiger partial charge in [-0.2, -0.15) is 0 Å². The molecule has 0 spiro atoms. The van der Waals surface area contributed by atoms with Crippen molar-refractivity contribution < 1.29 is 9.53 Å². The summed E-state index contributed by atoms with van der Waals surface area (Å²) in [6.07, 6.45) is 0. The average molecular weight is 270 g/mol. The van der Waals surface area contributed by atoms with Crippen molar-refractivity contribution in [1.29, 1.82) is 0 Å². The van der Waals surface area contributed by atoms with Crippen molar-refractivity contribution in [3.63, 3.8) is 0 Å². The summed E-state index contributed by atoms with van der Waals surface area (Å²) in [4.78, 5) is 14.6. The van der Waals surface area contributed by atoms with E-state index in [1.807, 2.05) is 0 Å². The van der Waals surface area contributed by atoms with E-state index in [1.165, 1.54) is 0 Å². The molecule has 0 bridgehead atoms. The van der Waals surface area contributed by atoms with E-state index in [2.05, 4.69) is 4.85 Å². The number of nitrogens with zero attached hydrogens (tertiary/aromatic N) is 1. The van der Waals surface area contributed by atoms with E-state index in [9.17, 15) is 4.79 Å². The summed E-state index contributed by atoms with van der Waals surface area (Å²) in [5.74, 6) is -0.743. The van der Waals surface area contributed by atoms with Gasteiger partial charge < -0.3 is 4.74 Å². The van der Waals surface area contributed by atoms with Crippen molar-refractivity contribution in [2.24, 2.45) is 0 Å². The topological polar surface area (TPSA) is 30.7 Å². The lowest BCUT2D eigenvalue weighted by atomic mass is 10.2. The first-order valence-electron chi connectivity index (χ1n) is 4.81. The predicted octanol–water partition coefficient (Wildman–Crippen LogP) is 3.73. The molecule has 0 aliphatic heterocycles. The lowest BCUT2D eigenvalue weighted by Crippen LogP contribution is -2.06. The number of hydrogen-bond donors (Lipinski definition) is 0. The highest BCUT2D eigenvalue weighted by Gasteiger charge is 2.18. The molecule has 0 aliphatic carbocycles. The molecule has 0 aromatic heterocycles. The summed E-state index contributed by atoms with van der Waals surface area (Å²) >= 11 is 11.9. The van der Waals surface area contributed by atoms with Gasteiger partial charge in [-0.3, -0.25) is 4.79 Å². The van der Waals surface area contributed by atoms with Gasteiger partial charge in [0.25, 0.3) is 5.70 Å². The fourth-order valence-electron chi connectivity index (χ4n) is 1.15. The molecule has 88 valence electrons. The Morgan fingerprint density at radius 3 is 2.65 bits per heavy atom. The molecule has 0 unspecified atom stereocenters. The Morgan fingerprint density at radius 1 is 1.47 bits per heavy atom. The van der Waals surface area contributed by atoms with Crippen LogP contribution in [0.3, 0.4) is 0 Å². The van der Waals surface area contributed by atoms with E-state index in [-0.39, 0.29) is 17.3 Å². The van der Waals surface area contributed by atoms with E-state index in [1.54, 1.807) is 31.2 Å². The van der Waals surface area contributed by atoms with E-state index < -0.39 is 5.97 Å². The molecule has 0 saturated carbocycles. The van der Waals surface area contributed by atoms with Gasteiger partial charge >= 0.3 is 5.97 Å². The molecule has 0 radical (unpaired) electrons. The second-order valence-corrected chi connectivity index (χ2v) is 3.76. The number of benzene rings is 1. The lowest BCUT2D eigenvalue weighted by Gasteiger charge is -2.05. The molecule has 0 N–H and O–H groups in total. The van der Waals surface area contributed by atoms with Crippen LogP contribution in [0.25, 0.3) is 9.88 Å². The molecule has 1 rings (SSSR count). The van der Waals surface area contributed by atoms with Crippen molar-refractivity contribution >= 4 is 34.2 Å². The number of esters is 1. The van der Waals surface area contributed by atoms with Crippen LogP contribution >= 0.6 is 23.2 Å². The highest BCUT2D eigenvalue weighted by molar-refractivity contribution is 6.52. The minimum Gasteiger partial charge on any atom is -0.471 e. The normalized spacial score (nSPS) is 11.4. The number of rotatable bonds is 3. The Hall–Kier alpha value is -1.50. The summed E-state index contributed by atoms with van der Waals surface area (Å²) in [6.45, 7) is 8.80. The summed E-state index contributed by atoms with van der Waals surface area (Å²) < 4.78 is 4.74. The number of halogens is 2. The van der Waals surface area contributed by atoms with Crippen LogP contribution in [0.15, 0.2) is 30.0 Å². The number of carbonyl (C=O) groups is 1. The molecule has 1 aromatic carbocycles. The van der Waals surface area contributed by atoms with Gasteiger partial charge in [0.2, 0.25) is 0 Å². The molecule has 0 saturated heterocycles. The fourth-order valence-corrected chi connectivity index (χ4v) is 1.71. The first-order chi connectivity index (χ1) is 8.11. The monoisotopic (exact) mass is 269 g/mol. The SMILES string of the molecule is [C-]#[N+]C(C(=O)OCC)=C(Cl)c1ccccc1Cl. The van der Waals surface area contributed by atoms with Gasteiger partial charge in [-0.1, -0.05) is 41.4 Å². The number of carbonyl (C=O) groups excluding carboxylic acids is 1. The quantitative estimate of drug-likeness (QED) is 0.476. The zero-order valence-electron chi connectivity index (χ0n) is 9.04.